The molecule has 0 bridgehead atoms. The van der Waals surface area contributed by atoms with Gasteiger partial charge in [0.05, 0.1) is 7.11 Å². The van der Waals surface area contributed by atoms with Crippen molar-refractivity contribution < 1.29 is 9.53 Å². The molecule has 4 nitrogen and oxygen atoms in total. The average Bonchev–Trinajstić information content (AvgIpc) is 2.95. The highest BCUT2D eigenvalue weighted by Crippen LogP contribution is 2.33. The number of rotatable bonds is 4. The standard InChI is InChI=1S/C15H22N2O2.ClH/c1-11(9-16)15(18)17-8-7-12(10-17)13-5-3-4-6-14(13)19-2;/h3-6,11-12H,7-10,16H2,1-2H3;1H. The average molecular weight is 299 g/mol. The van der Waals surface area contributed by atoms with Crippen LogP contribution in [-0.2, 0) is 4.79 Å². The van der Waals surface area contributed by atoms with E-state index >= 15 is 0 Å². The molecule has 0 aliphatic carbocycles. The second kappa shape index (κ2) is 7.50. The number of carbonyl (C=O) groups excluding carboxylic acids is 1. The van der Waals surface area contributed by atoms with Crippen LogP contribution < -0.4 is 10.5 Å². The van der Waals surface area contributed by atoms with E-state index in [9.17, 15) is 4.79 Å². The summed E-state index contributed by atoms with van der Waals surface area (Å²) in [6.45, 7) is 3.88. The van der Waals surface area contributed by atoms with Crippen LogP contribution in [0.25, 0.3) is 0 Å². The van der Waals surface area contributed by atoms with E-state index < -0.39 is 0 Å². The number of nitrogens with two attached hydrogens (primary N) is 1. The predicted octanol–water partition coefficient (Wildman–Crippen LogP) is 2.03. The van der Waals surface area contributed by atoms with E-state index in [0.717, 1.165) is 25.3 Å². The Morgan fingerprint density at radius 3 is 2.85 bits per heavy atom. The number of hydrogen-bond acceptors (Lipinski definition) is 3. The number of methoxy groups -OCH3 is 1. The number of amides is 1. The van der Waals surface area contributed by atoms with Crippen molar-refractivity contribution in [3.05, 3.63) is 29.8 Å². The van der Waals surface area contributed by atoms with Gasteiger partial charge in [-0.2, -0.15) is 0 Å². The Bertz CT molecular complexity index is 453. The van der Waals surface area contributed by atoms with Crippen LogP contribution in [0.5, 0.6) is 5.75 Å². The Labute approximate surface area is 126 Å². The van der Waals surface area contributed by atoms with Gasteiger partial charge in [0.25, 0.3) is 0 Å². The molecule has 1 amide bonds. The minimum Gasteiger partial charge on any atom is -0.496 e. The molecule has 0 radical (unpaired) electrons. The van der Waals surface area contributed by atoms with Gasteiger partial charge < -0.3 is 15.4 Å². The van der Waals surface area contributed by atoms with Crippen molar-refractivity contribution in [2.45, 2.75) is 19.3 Å². The molecule has 0 spiro atoms. The van der Waals surface area contributed by atoms with Crippen molar-refractivity contribution >= 4 is 18.3 Å². The molecule has 1 heterocycles. The van der Waals surface area contributed by atoms with Gasteiger partial charge in [0.15, 0.2) is 0 Å². The molecule has 2 unspecified atom stereocenters. The fraction of sp³-hybridized carbons (Fsp3) is 0.533. The fourth-order valence-corrected chi connectivity index (χ4v) is 2.63. The lowest BCUT2D eigenvalue weighted by Gasteiger charge is -2.20. The fourth-order valence-electron chi connectivity index (χ4n) is 2.63. The van der Waals surface area contributed by atoms with Crippen LogP contribution in [0.2, 0.25) is 0 Å². The second-order valence-electron chi connectivity index (χ2n) is 5.15. The highest BCUT2D eigenvalue weighted by molar-refractivity contribution is 5.85. The molecule has 1 aliphatic rings. The third-order valence-electron chi connectivity index (χ3n) is 3.85. The van der Waals surface area contributed by atoms with E-state index in [2.05, 4.69) is 6.07 Å². The normalized spacial score (nSPS) is 19.4. The van der Waals surface area contributed by atoms with Crippen molar-refractivity contribution in [2.24, 2.45) is 11.7 Å². The van der Waals surface area contributed by atoms with Gasteiger partial charge in [-0.15, -0.1) is 12.4 Å². The molecule has 1 saturated heterocycles. The first kappa shape index (κ1) is 16.8. The molecule has 1 fully saturated rings. The van der Waals surface area contributed by atoms with Crippen LogP contribution in [0.3, 0.4) is 0 Å². The highest BCUT2D eigenvalue weighted by atomic mass is 35.5. The largest absolute Gasteiger partial charge is 0.496 e. The van der Waals surface area contributed by atoms with Gasteiger partial charge in [-0.1, -0.05) is 25.1 Å². The van der Waals surface area contributed by atoms with E-state index in [4.69, 9.17) is 10.5 Å². The van der Waals surface area contributed by atoms with Crippen LogP contribution in [0.4, 0.5) is 0 Å². The number of likely N-dealkylation sites (tertiary alicyclic amines) is 1. The zero-order chi connectivity index (χ0) is 13.8. The van der Waals surface area contributed by atoms with Crippen LogP contribution >= 0.6 is 12.4 Å². The van der Waals surface area contributed by atoms with Gasteiger partial charge in [-0.05, 0) is 18.1 Å². The molecule has 2 N–H and O–H groups in total. The van der Waals surface area contributed by atoms with Crippen LogP contribution in [0.1, 0.15) is 24.8 Å². The van der Waals surface area contributed by atoms with Gasteiger partial charge in [0.2, 0.25) is 5.91 Å². The summed E-state index contributed by atoms with van der Waals surface area (Å²) in [4.78, 5) is 14.0. The Morgan fingerprint density at radius 1 is 1.50 bits per heavy atom. The molecule has 0 saturated carbocycles. The topological polar surface area (TPSA) is 55.6 Å². The van der Waals surface area contributed by atoms with Gasteiger partial charge in [-0.25, -0.2) is 0 Å². The summed E-state index contributed by atoms with van der Waals surface area (Å²) in [6, 6.07) is 8.05. The Balaban J connectivity index is 0.00000200. The third kappa shape index (κ3) is 3.44. The molecular weight excluding hydrogens is 276 g/mol. The van der Waals surface area contributed by atoms with Crippen LogP contribution in [0, 0.1) is 5.92 Å². The van der Waals surface area contributed by atoms with E-state index in [0.29, 0.717) is 12.5 Å². The first-order valence-corrected chi connectivity index (χ1v) is 6.79. The molecule has 1 aromatic rings. The summed E-state index contributed by atoms with van der Waals surface area (Å²) in [7, 11) is 1.69. The Hall–Kier alpha value is -1.26. The molecule has 112 valence electrons. The Morgan fingerprint density at radius 2 is 2.20 bits per heavy atom. The lowest BCUT2D eigenvalue weighted by Crippen LogP contribution is -2.36. The maximum Gasteiger partial charge on any atom is 0.226 e. The smallest absolute Gasteiger partial charge is 0.226 e. The molecule has 0 aromatic heterocycles. The minimum atomic E-state index is -0.0866. The highest BCUT2D eigenvalue weighted by Gasteiger charge is 2.30. The van der Waals surface area contributed by atoms with Crippen molar-refractivity contribution in [3.8, 4) is 5.75 Å². The SMILES string of the molecule is COc1ccccc1C1CCN(C(=O)C(C)CN)C1.Cl. The van der Waals surface area contributed by atoms with Crippen molar-refractivity contribution in [1.82, 2.24) is 4.90 Å². The third-order valence-corrected chi connectivity index (χ3v) is 3.85. The summed E-state index contributed by atoms with van der Waals surface area (Å²) in [5.74, 6) is 1.36. The van der Waals surface area contributed by atoms with Crippen LogP contribution in [0.15, 0.2) is 24.3 Å². The van der Waals surface area contributed by atoms with Gasteiger partial charge in [-0.3, -0.25) is 4.79 Å². The molecule has 20 heavy (non-hydrogen) atoms. The number of para-hydroxylation sites is 1. The van der Waals surface area contributed by atoms with Gasteiger partial charge >= 0.3 is 0 Å². The van der Waals surface area contributed by atoms with Gasteiger partial charge in [0.1, 0.15) is 5.75 Å². The van der Waals surface area contributed by atoms with Crippen molar-refractivity contribution in [1.29, 1.82) is 0 Å². The first-order valence-electron chi connectivity index (χ1n) is 6.79. The lowest BCUT2D eigenvalue weighted by atomic mass is 9.97. The summed E-state index contributed by atoms with van der Waals surface area (Å²) >= 11 is 0. The quantitative estimate of drug-likeness (QED) is 0.925. The number of hydrogen-bond donors (Lipinski definition) is 1. The van der Waals surface area contributed by atoms with Gasteiger partial charge in [0, 0.05) is 31.5 Å². The summed E-state index contributed by atoms with van der Waals surface area (Å²) in [6.07, 6.45) is 0.989. The lowest BCUT2D eigenvalue weighted by molar-refractivity contribution is -0.133. The maximum atomic E-state index is 12.1. The Kier molecular flexibility index (Phi) is 6.30. The summed E-state index contributed by atoms with van der Waals surface area (Å²) < 4.78 is 5.40. The zero-order valence-corrected chi connectivity index (χ0v) is 12.9. The number of halogens is 1. The summed E-state index contributed by atoms with van der Waals surface area (Å²) in [5.41, 5.74) is 6.76. The molecule has 5 heteroatoms. The second-order valence-corrected chi connectivity index (χ2v) is 5.15. The maximum absolute atomic E-state index is 12.1. The number of ether oxygens (including phenoxy) is 1. The zero-order valence-electron chi connectivity index (χ0n) is 12.0. The molecule has 1 aliphatic heterocycles. The number of benzene rings is 1. The molecule has 2 atom stereocenters. The molecule has 1 aromatic carbocycles. The van der Waals surface area contributed by atoms with Crippen LogP contribution in [-0.4, -0.2) is 37.6 Å². The van der Waals surface area contributed by atoms with E-state index in [1.54, 1.807) is 7.11 Å². The van der Waals surface area contributed by atoms with E-state index in [1.807, 2.05) is 30.0 Å². The molecule has 2 rings (SSSR count). The number of nitrogens with zero attached hydrogens (tertiary/aromatic N) is 1. The van der Waals surface area contributed by atoms with E-state index in [1.165, 1.54) is 5.56 Å². The first-order chi connectivity index (χ1) is 9.17. The summed E-state index contributed by atoms with van der Waals surface area (Å²) in [5, 5.41) is 0. The number of carbonyl (C=O) groups is 1. The minimum absolute atomic E-state index is 0. The molecular formula is C15H23ClN2O2. The van der Waals surface area contributed by atoms with Crippen molar-refractivity contribution in [2.75, 3.05) is 26.7 Å². The van der Waals surface area contributed by atoms with E-state index in [-0.39, 0.29) is 24.2 Å². The monoisotopic (exact) mass is 298 g/mol. The predicted molar refractivity (Wildman–Crippen MR) is 82.4 cm³/mol. The van der Waals surface area contributed by atoms with Crippen molar-refractivity contribution in [3.63, 3.8) is 0 Å².